The van der Waals surface area contributed by atoms with Crippen molar-refractivity contribution in [3.8, 4) is 0 Å². The average Bonchev–Trinajstić information content (AvgIpc) is 3.51. The monoisotopic (exact) mass is 402 g/mol. The van der Waals surface area contributed by atoms with Crippen LogP contribution in [0.2, 0.25) is 0 Å². The van der Waals surface area contributed by atoms with Gasteiger partial charge in [0.25, 0.3) is 0 Å². The summed E-state index contributed by atoms with van der Waals surface area (Å²) in [5.41, 5.74) is 0. The summed E-state index contributed by atoms with van der Waals surface area (Å²) in [6.07, 6.45) is 16.4. The van der Waals surface area contributed by atoms with E-state index in [2.05, 4.69) is 0 Å². The van der Waals surface area contributed by atoms with Crippen molar-refractivity contribution >= 4 is 5.97 Å². The molecule has 1 saturated heterocycles. The van der Waals surface area contributed by atoms with Gasteiger partial charge < -0.3 is 24.8 Å². The number of hydrogen-bond acceptors (Lipinski definition) is 5. The zero-order chi connectivity index (χ0) is 20.5. The van der Waals surface area contributed by atoms with Crippen molar-refractivity contribution in [1.29, 1.82) is 0 Å². The first-order chi connectivity index (χ1) is 13.6. The summed E-state index contributed by atoms with van der Waals surface area (Å²) in [5, 5.41) is 26.8. The minimum Gasteiger partial charge on any atom is -0.481 e. The Labute approximate surface area is 170 Å². The van der Waals surface area contributed by atoms with E-state index >= 15 is 0 Å². The molecule has 0 aromatic carbocycles. The van der Waals surface area contributed by atoms with E-state index in [1.807, 2.05) is 0 Å². The zero-order valence-electron chi connectivity index (χ0n) is 17.5. The summed E-state index contributed by atoms with van der Waals surface area (Å²) in [5.74, 6) is -0.678. The molecule has 1 heterocycles. The first-order valence-electron chi connectivity index (χ1n) is 11.4. The first kappa shape index (κ1) is 25.3. The van der Waals surface area contributed by atoms with Gasteiger partial charge in [-0.3, -0.25) is 4.79 Å². The van der Waals surface area contributed by atoms with Crippen molar-refractivity contribution in [2.75, 3.05) is 19.8 Å². The third-order valence-electron chi connectivity index (χ3n) is 5.37. The molecule has 28 heavy (non-hydrogen) atoms. The van der Waals surface area contributed by atoms with Gasteiger partial charge in [0.1, 0.15) is 12.2 Å². The SMILES string of the molecule is O=C(O)CCCCCCCCCCCCCCCC(OCC(O)CO)C1CO1. The van der Waals surface area contributed by atoms with E-state index in [1.165, 1.54) is 64.2 Å². The smallest absolute Gasteiger partial charge is 0.303 e. The lowest BCUT2D eigenvalue weighted by Crippen LogP contribution is -2.27. The molecule has 3 unspecified atom stereocenters. The van der Waals surface area contributed by atoms with Crippen LogP contribution in [0.15, 0.2) is 0 Å². The van der Waals surface area contributed by atoms with Crippen LogP contribution in [0.3, 0.4) is 0 Å². The molecule has 0 bridgehead atoms. The highest BCUT2D eigenvalue weighted by Crippen LogP contribution is 2.22. The second-order valence-corrected chi connectivity index (χ2v) is 8.11. The molecule has 0 spiro atoms. The lowest BCUT2D eigenvalue weighted by molar-refractivity contribution is -0.137. The third-order valence-corrected chi connectivity index (χ3v) is 5.37. The van der Waals surface area contributed by atoms with Crippen LogP contribution in [-0.4, -0.2) is 59.4 Å². The summed E-state index contributed by atoms with van der Waals surface area (Å²) in [6, 6.07) is 0. The molecule has 6 nitrogen and oxygen atoms in total. The van der Waals surface area contributed by atoms with E-state index in [0.29, 0.717) is 6.42 Å². The number of carboxylic acids is 1. The third kappa shape index (κ3) is 15.3. The van der Waals surface area contributed by atoms with E-state index in [-0.39, 0.29) is 25.4 Å². The number of aliphatic hydroxyl groups is 2. The van der Waals surface area contributed by atoms with Gasteiger partial charge >= 0.3 is 5.97 Å². The molecule has 0 aromatic heterocycles. The molecule has 6 heteroatoms. The van der Waals surface area contributed by atoms with Gasteiger partial charge in [0.15, 0.2) is 0 Å². The zero-order valence-corrected chi connectivity index (χ0v) is 17.5. The number of aliphatic hydroxyl groups excluding tert-OH is 2. The van der Waals surface area contributed by atoms with E-state index in [0.717, 1.165) is 32.3 Å². The number of aliphatic carboxylic acids is 1. The lowest BCUT2D eigenvalue weighted by Gasteiger charge is -2.17. The molecule has 3 atom stereocenters. The molecule has 3 N–H and O–H groups in total. The quantitative estimate of drug-likeness (QED) is 0.198. The predicted octanol–water partition coefficient (Wildman–Crippen LogP) is 4.06. The molecule has 0 aliphatic carbocycles. The molecular formula is C22H42O6. The summed E-state index contributed by atoms with van der Waals surface area (Å²) in [4.78, 5) is 10.4. The maximum atomic E-state index is 10.4. The topological polar surface area (TPSA) is 99.5 Å². The van der Waals surface area contributed by atoms with Crippen LogP contribution in [0.5, 0.6) is 0 Å². The van der Waals surface area contributed by atoms with Crippen molar-refractivity contribution in [2.45, 2.75) is 115 Å². The van der Waals surface area contributed by atoms with Crippen molar-refractivity contribution in [1.82, 2.24) is 0 Å². The Morgan fingerprint density at radius 1 is 0.893 bits per heavy atom. The fourth-order valence-corrected chi connectivity index (χ4v) is 3.50. The fraction of sp³-hybridized carbons (Fsp3) is 0.955. The van der Waals surface area contributed by atoms with Gasteiger partial charge in [-0.2, -0.15) is 0 Å². The fourth-order valence-electron chi connectivity index (χ4n) is 3.50. The number of ether oxygens (including phenoxy) is 2. The second-order valence-electron chi connectivity index (χ2n) is 8.11. The highest BCUT2D eigenvalue weighted by atomic mass is 16.6. The number of rotatable bonds is 21. The largest absolute Gasteiger partial charge is 0.481 e. The molecule has 1 aliphatic heterocycles. The number of carbonyl (C=O) groups is 1. The van der Waals surface area contributed by atoms with Crippen LogP contribution >= 0.6 is 0 Å². The van der Waals surface area contributed by atoms with Gasteiger partial charge in [-0.15, -0.1) is 0 Å². The normalized spacial score (nSPS) is 18.1. The minimum absolute atomic E-state index is 0.0605. The van der Waals surface area contributed by atoms with E-state index < -0.39 is 12.1 Å². The molecule has 1 rings (SSSR count). The molecule has 1 aliphatic rings. The van der Waals surface area contributed by atoms with Crippen LogP contribution < -0.4 is 0 Å². The van der Waals surface area contributed by atoms with Crippen LogP contribution in [0.1, 0.15) is 96.3 Å². The van der Waals surface area contributed by atoms with Crippen molar-refractivity contribution in [2.24, 2.45) is 0 Å². The summed E-state index contributed by atoms with van der Waals surface area (Å²) >= 11 is 0. The van der Waals surface area contributed by atoms with Crippen LogP contribution in [-0.2, 0) is 14.3 Å². The molecule has 0 radical (unpaired) electrons. The first-order valence-corrected chi connectivity index (χ1v) is 11.4. The number of epoxide rings is 1. The molecule has 0 amide bonds. The Morgan fingerprint density at radius 3 is 1.79 bits per heavy atom. The van der Waals surface area contributed by atoms with Gasteiger partial charge in [-0.25, -0.2) is 0 Å². The predicted molar refractivity (Wildman–Crippen MR) is 109 cm³/mol. The number of unbranched alkanes of at least 4 members (excludes halogenated alkanes) is 12. The molecular weight excluding hydrogens is 360 g/mol. The maximum absolute atomic E-state index is 10.4. The van der Waals surface area contributed by atoms with E-state index in [9.17, 15) is 9.90 Å². The Bertz CT molecular complexity index is 372. The average molecular weight is 403 g/mol. The Hall–Kier alpha value is -0.690. The van der Waals surface area contributed by atoms with Crippen LogP contribution in [0.4, 0.5) is 0 Å². The van der Waals surface area contributed by atoms with E-state index in [1.54, 1.807) is 0 Å². The van der Waals surface area contributed by atoms with Crippen LogP contribution in [0, 0.1) is 0 Å². The van der Waals surface area contributed by atoms with Gasteiger partial charge in [0.05, 0.1) is 25.9 Å². The number of hydrogen-bond donors (Lipinski definition) is 3. The highest BCUT2D eigenvalue weighted by Gasteiger charge is 2.33. The van der Waals surface area contributed by atoms with Gasteiger partial charge in [0, 0.05) is 6.42 Å². The Balaban J connectivity index is 1.80. The second kappa shape index (κ2) is 17.2. The van der Waals surface area contributed by atoms with Crippen molar-refractivity contribution < 1.29 is 29.6 Å². The van der Waals surface area contributed by atoms with E-state index in [4.69, 9.17) is 19.7 Å². The van der Waals surface area contributed by atoms with Gasteiger partial charge in [-0.05, 0) is 12.8 Å². The Kier molecular flexibility index (Phi) is 15.6. The molecule has 1 fully saturated rings. The number of carboxylic acid groups (broad SMARTS) is 1. The summed E-state index contributed by atoms with van der Waals surface area (Å²) in [6.45, 7) is 0.677. The molecule has 166 valence electrons. The van der Waals surface area contributed by atoms with Crippen molar-refractivity contribution in [3.05, 3.63) is 0 Å². The van der Waals surface area contributed by atoms with Gasteiger partial charge in [-0.1, -0.05) is 77.0 Å². The maximum Gasteiger partial charge on any atom is 0.303 e. The summed E-state index contributed by atoms with van der Waals surface area (Å²) in [7, 11) is 0. The standard InChI is InChI=1S/C22H42O6/c23-16-19(24)17-27-20(21-18-28-21)14-12-10-8-6-4-2-1-3-5-7-9-11-13-15-22(25)26/h19-21,23-24H,1-18H2,(H,25,26). The van der Waals surface area contributed by atoms with Gasteiger partial charge in [0.2, 0.25) is 0 Å². The van der Waals surface area contributed by atoms with Crippen molar-refractivity contribution in [3.63, 3.8) is 0 Å². The Morgan fingerprint density at radius 2 is 1.36 bits per heavy atom. The van der Waals surface area contributed by atoms with Crippen LogP contribution in [0.25, 0.3) is 0 Å². The summed E-state index contributed by atoms with van der Waals surface area (Å²) < 4.78 is 11.0. The minimum atomic E-state index is -0.793. The highest BCUT2D eigenvalue weighted by molar-refractivity contribution is 5.66. The lowest BCUT2D eigenvalue weighted by atomic mass is 10.0. The molecule has 0 aromatic rings. The molecule has 0 saturated carbocycles.